The highest BCUT2D eigenvalue weighted by Gasteiger charge is 2.09. The molecule has 2 rings (SSSR count). The molecule has 0 atom stereocenters. The smallest absolute Gasteiger partial charge is 0.140 e. The van der Waals surface area contributed by atoms with E-state index in [0.717, 1.165) is 16.5 Å². The summed E-state index contributed by atoms with van der Waals surface area (Å²) >= 11 is 1.60. The highest BCUT2D eigenvalue weighted by atomic mass is 32.1. The minimum Gasteiger partial charge on any atom is -0.486 e. The van der Waals surface area contributed by atoms with E-state index < -0.39 is 0 Å². The van der Waals surface area contributed by atoms with E-state index in [9.17, 15) is 0 Å². The molecule has 1 heterocycles. The normalized spacial score (nSPS) is 11.0. The maximum absolute atomic E-state index is 5.93. The number of hydrogen-bond donors (Lipinski definition) is 1. The van der Waals surface area contributed by atoms with Gasteiger partial charge in [0.15, 0.2) is 0 Å². The van der Waals surface area contributed by atoms with Gasteiger partial charge in [0.1, 0.15) is 17.4 Å². The van der Waals surface area contributed by atoms with Gasteiger partial charge in [-0.1, -0.05) is 26.0 Å². The number of hydrogen-bond acceptors (Lipinski definition) is 4. The third-order valence-corrected chi connectivity index (χ3v) is 3.82. The number of nitrogens with zero attached hydrogens (tertiary/aromatic N) is 1. The van der Waals surface area contributed by atoms with Crippen LogP contribution < -0.4 is 10.5 Å². The predicted molar refractivity (Wildman–Crippen MR) is 79.6 cm³/mol. The van der Waals surface area contributed by atoms with Crippen molar-refractivity contribution in [3.05, 3.63) is 45.4 Å². The summed E-state index contributed by atoms with van der Waals surface area (Å²) in [5.74, 6) is 1.41. The molecule has 1 aromatic carbocycles. The van der Waals surface area contributed by atoms with Gasteiger partial charge in [-0.3, -0.25) is 0 Å². The summed E-state index contributed by atoms with van der Waals surface area (Å²) in [6.07, 6.45) is 0. The van der Waals surface area contributed by atoms with Crippen molar-refractivity contribution in [1.29, 1.82) is 0 Å². The molecule has 2 N–H and O–H groups in total. The van der Waals surface area contributed by atoms with Gasteiger partial charge in [-0.2, -0.15) is 0 Å². The number of aryl methyl sites for hydroxylation is 1. The van der Waals surface area contributed by atoms with Gasteiger partial charge in [0, 0.05) is 11.9 Å². The number of nitrogens with two attached hydrogens (primary N) is 1. The van der Waals surface area contributed by atoms with Crippen molar-refractivity contribution < 1.29 is 4.74 Å². The lowest BCUT2D eigenvalue weighted by atomic mass is 10.0. The van der Waals surface area contributed by atoms with E-state index in [1.54, 1.807) is 11.3 Å². The molecule has 1 aromatic heterocycles. The van der Waals surface area contributed by atoms with Crippen LogP contribution in [0.2, 0.25) is 0 Å². The van der Waals surface area contributed by atoms with Crippen molar-refractivity contribution in [2.45, 2.75) is 39.8 Å². The van der Waals surface area contributed by atoms with Crippen LogP contribution in [0.4, 0.5) is 0 Å². The van der Waals surface area contributed by atoms with Gasteiger partial charge in [-0.05, 0) is 30.0 Å². The van der Waals surface area contributed by atoms with Crippen LogP contribution in [0.15, 0.2) is 23.6 Å². The molecular weight excluding hydrogens is 256 g/mol. The number of benzene rings is 1. The van der Waals surface area contributed by atoms with Gasteiger partial charge < -0.3 is 10.5 Å². The first-order valence-electron chi connectivity index (χ1n) is 6.47. The lowest BCUT2D eigenvalue weighted by Gasteiger charge is -2.14. The van der Waals surface area contributed by atoms with Crippen molar-refractivity contribution in [3.63, 3.8) is 0 Å². The van der Waals surface area contributed by atoms with Crippen LogP contribution in [-0.2, 0) is 13.2 Å². The van der Waals surface area contributed by atoms with E-state index in [0.29, 0.717) is 19.1 Å². The van der Waals surface area contributed by atoms with Crippen LogP contribution in [0, 0.1) is 6.92 Å². The van der Waals surface area contributed by atoms with Gasteiger partial charge in [0.2, 0.25) is 0 Å². The molecule has 0 spiro atoms. The topological polar surface area (TPSA) is 48.1 Å². The average molecular weight is 276 g/mol. The quantitative estimate of drug-likeness (QED) is 0.907. The first-order valence-corrected chi connectivity index (χ1v) is 7.34. The van der Waals surface area contributed by atoms with E-state index in [-0.39, 0.29) is 0 Å². The molecule has 3 nitrogen and oxygen atoms in total. The van der Waals surface area contributed by atoms with Crippen molar-refractivity contribution in [1.82, 2.24) is 4.98 Å². The lowest BCUT2D eigenvalue weighted by molar-refractivity contribution is 0.300. The van der Waals surface area contributed by atoms with Gasteiger partial charge in [-0.15, -0.1) is 11.3 Å². The summed E-state index contributed by atoms with van der Waals surface area (Å²) in [7, 11) is 0. The molecular formula is C15H20N2OS. The molecule has 102 valence electrons. The van der Waals surface area contributed by atoms with Crippen LogP contribution >= 0.6 is 11.3 Å². The molecule has 0 fully saturated rings. The van der Waals surface area contributed by atoms with Crippen LogP contribution in [0.3, 0.4) is 0 Å². The van der Waals surface area contributed by atoms with Gasteiger partial charge in [0.05, 0.1) is 5.69 Å². The second-order valence-corrected chi connectivity index (χ2v) is 5.86. The maximum Gasteiger partial charge on any atom is 0.140 e. The van der Waals surface area contributed by atoms with E-state index in [1.165, 1.54) is 11.1 Å². The van der Waals surface area contributed by atoms with E-state index >= 15 is 0 Å². The molecule has 19 heavy (non-hydrogen) atoms. The van der Waals surface area contributed by atoms with Crippen LogP contribution in [0.5, 0.6) is 5.75 Å². The van der Waals surface area contributed by atoms with E-state index in [2.05, 4.69) is 44.0 Å². The fourth-order valence-electron chi connectivity index (χ4n) is 1.89. The molecule has 0 bridgehead atoms. The third-order valence-electron chi connectivity index (χ3n) is 2.95. The fraction of sp³-hybridized carbons (Fsp3) is 0.400. The van der Waals surface area contributed by atoms with Crippen LogP contribution in [0.25, 0.3) is 0 Å². The largest absolute Gasteiger partial charge is 0.486 e. The summed E-state index contributed by atoms with van der Waals surface area (Å²) in [4.78, 5) is 4.41. The van der Waals surface area contributed by atoms with Gasteiger partial charge in [-0.25, -0.2) is 4.98 Å². The minimum absolute atomic E-state index is 0.450. The summed E-state index contributed by atoms with van der Waals surface area (Å²) in [6.45, 7) is 7.42. The lowest BCUT2D eigenvalue weighted by Crippen LogP contribution is -2.01. The molecule has 0 aliphatic rings. The molecule has 0 saturated carbocycles. The first-order chi connectivity index (χ1) is 9.10. The second kappa shape index (κ2) is 6.17. The molecule has 4 heteroatoms. The zero-order chi connectivity index (χ0) is 13.8. The summed E-state index contributed by atoms with van der Waals surface area (Å²) < 4.78 is 5.93. The van der Waals surface area contributed by atoms with Crippen molar-refractivity contribution >= 4 is 11.3 Å². The molecule has 0 aliphatic heterocycles. The molecule has 0 unspecified atom stereocenters. The Morgan fingerprint density at radius 1 is 1.37 bits per heavy atom. The Labute approximate surface area is 118 Å². The van der Waals surface area contributed by atoms with Crippen molar-refractivity contribution in [2.24, 2.45) is 5.73 Å². The highest BCUT2D eigenvalue weighted by molar-refractivity contribution is 7.09. The van der Waals surface area contributed by atoms with E-state index in [1.807, 2.05) is 5.38 Å². The van der Waals surface area contributed by atoms with E-state index in [4.69, 9.17) is 10.5 Å². The number of aromatic nitrogens is 1. The molecule has 0 radical (unpaired) electrons. The fourth-order valence-corrected chi connectivity index (χ4v) is 2.61. The third kappa shape index (κ3) is 3.55. The Bertz CT molecular complexity index is 549. The minimum atomic E-state index is 0.450. The zero-order valence-corrected chi connectivity index (χ0v) is 12.5. The van der Waals surface area contributed by atoms with Crippen molar-refractivity contribution in [3.8, 4) is 5.75 Å². The first kappa shape index (κ1) is 14.0. The summed E-state index contributed by atoms with van der Waals surface area (Å²) in [5.41, 5.74) is 8.93. The maximum atomic E-state index is 5.93. The monoisotopic (exact) mass is 276 g/mol. The number of ether oxygens (including phenoxy) is 1. The molecule has 0 aliphatic carbocycles. The Morgan fingerprint density at radius 3 is 2.79 bits per heavy atom. The predicted octanol–water partition coefficient (Wildman–Crippen LogP) is 3.61. The van der Waals surface area contributed by atoms with Crippen LogP contribution in [-0.4, -0.2) is 4.98 Å². The second-order valence-electron chi connectivity index (χ2n) is 4.92. The molecule has 2 aromatic rings. The SMILES string of the molecule is Cc1ccc(C(C)C)c(OCc2nc(CN)cs2)c1. The summed E-state index contributed by atoms with van der Waals surface area (Å²) in [6, 6.07) is 6.35. The molecule has 0 saturated heterocycles. The van der Waals surface area contributed by atoms with Crippen molar-refractivity contribution in [2.75, 3.05) is 0 Å². The Kier molecular flexibility index (Phi) is 4.56. The van der Waals surface area contributed by atoms with Gasteiger partial charge in [0.25, 0.3) is 0 Å². The summed E-state index contributed by atoms with van der Waals surface area (Å²) in [5, 5.41) is 2.95. The Balaban J connectivity index is 2.12. The molecule has 0 amide bonds. The number of thiazole rings is 1. The standard InChI is InChI=1S/C15H20N2OS/c1-10(2)13-5-4-11(3)6-14(13)18-8-15-17-12(7-16)9-19-15/h4-6,9-10H,7-8,16H2,1-3H3. The average Bonchev–Trinajstić information content (AvgIpc) is 2.84. The highest BCUT2D eigenvalue weighted by Crippen LogP contribution is 2.28. The van der Waals surface area contributed by atoms with Gasteiger partial charge >= 0.3 is 0 Å². The van der Waals surface area contributed by atoms with Crippen LogP contribution in [0.1, 0.15) is 41.6 Å². The Hall–Kier alpha value is -1.39. The Morgan fingerprint density at radius 2 is 2.16 bits per heavy atom. The number of rotatable bonds is 5. The zero-order valence-electron chi connectivity index (χ0n) is 11.6.